The van der Waals surface area contributed by atoms with Crippen molar-refractivity contribution < 1.29 is 50.8 Å². The Labute approximate surface area is 285 Å². The highest BCUT2D eigenvalue weighted by Gasteiger charge is 2.40. The molecule has 1 N–H and O–H groups in total. The number of carbonyl (C=O) groups is 3. The van der Waals surface area contributed by atoms with Gasteiger partial charge in [-0.15, -0.1) is 0 Å². The molecule has 4 aromatic carbocycles. The fourth-order valence-electron chi connectivity index (χ4n) is 5.91. The second-order valence-corrected chi connectivity index (χ2v) is 12.0. The van der Waals surface area contributed by atoms with Gasteiger partial charge >= 0.3 is 0 Å². The number of rotatable bonds is 10. The lowest BCUT2D eigenvalue weighted by Gasteiger charge is -2.25. The molecule has 0 fully saturated rings. The van der Waals surface area contributed by atoms with Crippen molar-refractivity contribution in [3.8, 4) is 0 Å². The van der Waals surface area contributed by atoms with Gasteiger partial charge in [0.25, 0.3) is 0 Å². The molecule has 6 nitrogen and oxygen atoms in total. The molecule has 0 amide bonds. The van der Waals surface area contributed by atoms with E-state index >= 15 is 0 Å². The van der Waals surface area contributed by atoms with Gasteiger partial charge in [-0.3, -0.25) is 19.6 Å². The summed E-state index contributed by atoms with van der Waals surface area (Å²) in [5.74, 6) is -13.5. The Kier molecular flexibility index (Phi) is 12.9. The maximum atomic E-state index is 14.4. The van der Waals surface area contributed by atoms with E-state index in [1.54, 1.807) is 48.5 Å². The number of hydrogen-bond donors (Lipinski definition) is 1. The minimum Gasteiger partial charge on any atom is -0.418 e. The number of hydrogen-bond acceptors (Lipinski definition) is 5. The molecule has 12 heteroatoms. The predicted molar refractivity (Wildman–Crippen MR) is 174 cm³/mol. The van der Waals surface area contributed by atoms with Gasteiger partial charge < -0.3 is 5.21 Å². The zero-order valence-electron chi connectivity index (χ0n) is 28.0. The van der Waals surface area contributed by atoms with Gasteiger partial charge in [-0.1, -0.05) is 59.7 Å². The van der Waals surface area contributed by atoms with E-state index < -0.39 is 97.7 Å². The van der Waals surface area contributed by atoms with Crippen LogP contribution in [0.4, 0.5) is 26.3 Å². The van der Waals surface area contributed by atoms with Crippen molar-refractivity contribution >= 4 is 23.1 Å². The van der Waals surface area contributed by atoms with Gasteiger partial charge in [0.15, 0.2) is 0 Å². The van der Waals surface area contributed by atoms with Crippen LogP contribution in [0, 0.1) is 54.0 Å². The van der Waals surface area contributed by atoms with Gasteiger partial charge in [0, 0.05) is 47.2 Å². The number of ketones is 3. The minimum absolute atomic E-state index is 0.393. The van der Waals surface area contributed by atoms with Crippen LogP contribution in [0.1, 0.15) is 84.7 Å². The highest BCUT2D eigenvalue weighted by atomic mass is 19.2. The molecule has 264 valence electrons. The van der Waals surface area contributed by atoms with Crippen LogP contribution in [0.2, 0.25) is 0 Å². The van der Waals surface area contributed by atoms with Crippen molar-refractivity contribution in [3.63, 3.8) is 0 Å². The molecular formula is C38H35F6NO5. The molecule has 4 rings (SSSR count). The molecule has 4 unspecified atom stereocenters. The summed E-state index contributed by atoms with van der Waals surface area (Å²) in [6, 6.07) is 15.4. The fraction of sp³-hybridized carbons (Fsp3) is 0.263. The van der Waals surface area contributed by atoms with Crippen LogP contribution in [0.3, 0.4) is 0 Å². The summed E-state index contributed by atoms with van der Waals surface area (Å²) in [6.07, 6.45) is 0. The number of nitrogens with zero attached hydrogens (tertiary/aromatic N) is 1. The molecule has 0 saturated carbocycles. The van der Waals surface area contributed by atoms with Crippen molar-refractivity contribution in [2.45, 2.75) is 65.2 Å². The topological polar surface area (TPSA) is 97.5 Å². The van der Waals surface area contributed by atoms with Crippen molar-refractivity contribution in [3.05, 3.63) is 146 Å². The lowest BCUT2D eigenvalue weighted by atomic mass is 9.76. The van der Waals surface area contributed by atoms with Crippen LogP contribution in [0.25, 0.3) is 0 Å². The normalized spacial score (nSPS) is 14.0. The van der Waals surface area contributed by atoms with Crippen LogP contribution in [0.5, 0.6) is 0 Å². The molecule has 0 aromatic heterocycles. The summed E-state index contributed by atoms with van der Waals surface area (Å²) in [5.41, 5.74) is 1.12. The summed E-state index contributed by atoms with van der Waals surface area (Å²) in [5, 5.41) is 20.8. The highest BCUT2D eigenvalue weighted by molar-refractivity contribution is 5.96. The van der Waals surface area contributed by atoms with Crippen LogP contribution >= 0.6 is 0 Å². The Hall–Kier alpha value is -5.26. The predicted octanol–water partition coefficient (Wildman–Crippen LogP) is 8.69. The summed E-state index contributed by atoms with van der Waals surface area (Å²) < 4.78 is 83.6. The maximum absolute atomic E-state index is 14.4. The molecule has 0 radical (unpaired) electrons. The van der Waals surface area contributed by atoms with Gasteiger partial charge in [0.1, 0.15) is 52.3 Å². The largest absolute Gasteiger partial charge is 0.418 e. The molecule has 0 aliphatic carbocycles. The molecule has 0 heterocycles. The lowest BCUT2D eigenvalue weighted by molar-refractivity contribution is -0.727. The number of benzene rings is 4. The molecule has 0 spiro atoms. The van der Waals surface area contributed by atoms with E-state index in [1.807, 2.05) is 13.8 Å². The molecule has 0 aliphatic heterocycles. The molecule has 50 heavy (non-hydrogen) atoms. The standard InChI is InChI=1S/C19H18F3NO3.C19H17F3O2/c1-10-4-6-13(7-5-10)18(12(3)24)17(11(2)23(25)26)19-15(21)8-14(20)9-16(19)22;1-10-4-6-13(7-5-10)17(11(2)23)18(12(3)24)19-15(21)8-14(20)9-16(19)22/h4-9,17-18H,1-3H3,(H,25,26);4-9,17-18H,1-3H3. The molecule has 0 saturated heterocycles. The first-order valence-electron chi connectivity index (χ1n) is 15.3. The first-order chi connectivity index (χ1) is 23.3. The van der Waals surface area contributed by atoms with Gasteiger partial charge in [-0.2, -0.15) is 0 Å². The van der Waals surface area contributed by atoms with E-state index in [9.17, 15) is 51.1 Å². The molecule has 4 aromatic rings. The first-order valence-corrected chi connectivity index (χ1v) is 15.3. The third-order valence-corrected chi connectivity index (χ3v) is 8.31. The van der Waals surface area contributed by atoms with Crippen molar-refractivity contribution in [2.24, 2.45) is 0 Å². The smallest absolute Gasteiger partial charge is 0.227 e. The Balaban J connectivity index is 0.000000271. The van der Waals surface area contributed by atoms with Gasteiger partial charge in [-0.25, -0.2) is 26.3 Å². The summed E-state index contributed by atoms with van der Waals surface area (Å²) >= 11 is 0. The Morgan fingerprint density at radius 2 is 0.820 bits per heavy atom. The Morgan fingerprint density at radius 1 is 0.540 bits per heavy atom. The van der Waals surface area contributed by atoms with E-state index in [0.717, 1.165) is 25.0 Å². The Morgan fingerprint density at radius 3 is 1.10 bits per heavy atom. The third kappa shape index (κ3) is 9.04. The van der Waals surface area contributed by atoms with Crippen LogP contribution in [-0.2, 0) is 14.4 Å². The zero-order valence-corrected chi connectivity index (χ0v) is 28.0. The van der Waals surface area contributed by atoms with Crippen LogP contribution in [-0.4, -0.2) is 33.2 Å². The van der Waals surface area contributed by atoms with E-state index in [-0.39, 0.29) is 0 Å². The zero-order chi connectivity index (χ0) is 37.6. The summed E-state index contributed by atoms with van der Waals surface area (Å²) in [6.45, 7) is 8.49. The number of carbonyl (C=O) groups excluding carboxylic acids is 3. The number of aryl methyl sites for hydroxylation is 2. The second-order valence-electron chi connectivity index (χ2n) is 12.0. The highest BCUT2D eigenvalue weighted by Crippen LogP contribution is 2.39. The SMILES string of the molecule is CC(=O)C(c1ccc(C)cc1)C(/C(C)=[N+](\[O-])O)c1c(F)cc(F)cc1F.CC(=O)C(c1ccc(C)cc1)C(C(C)=O)c1c(F)cc(F)cc1F. The average molecular weight is 700 g/mol. The van der Waals surface area contributed by atoms with Gasteiger partial charge in [0.05, 0.1) is 23.7 Å². The fourth-order valence-corrected chi connectivity index (χ4v) is 5.91. The third-order valence-electron chi connectivity index (χ3n) is 8.31. The summed E-state index contributed by atoms with van der Waals surface area (Å²) in [7, 11) is 0. The lowest BCUT2D eigenvalue weighted by Crippen LogP contribution is -2.29. The first kappa shape index (κ1) is 39.2. The monoisotopic (exact) mass is 699 g/mol. The average Bonchev–Trinajstić information content (AvgIpc) is 3.00. The van der Waals surface area contributed by atoms with E-state index in [4.69, 9.17) is 0 Å². The van der Waals surface area contributed by atoms with Crippen LogP contribution in [0.15, 0.2) is 72.8 Å². The van der Waals surface area contributed by atoms with Crippen molar-refractivity contribution in [2.75, 3.05) is 0 Å². The number of halogens is 6. The van der Waals surface area contributed by atoms with Crippen molar-refractivity contribution in [1.29, 1.82) is 0 Å². The van der Waals surface area contributed by atoms with E-state index in [2.05, 4.69) is 0 Å². The second kappa shape index (κ2) is 16.4. The van der Waals surface area contributed by atoms with Crippen LogP contribution < -0.4 is 0 Å². The maximum Gasteiger partial charge on any atom is 0.227 e. The molecule has 4 atom stereocenters. The minimum atomic E-state index is -1.45. The summed E-state index contributed by atoms with van der Waals surface area (Å²) in [4.78, 5) is 36.1. The quantitative estimate of drug-likeness (QED) is 0.0588. The van der Waals surface area contributed by atoms with Gasteiger partial charge in [-0.05, 0) is 45.7 Å². The van der Waals surface area contributed by atoms with Crippen molar-refractivity contribution in [1.82, 2.24) is 0 Å². The Bertz CT molecular complexity index is 1880. The van der Waals surface area contributed by atoms with E-state index in [1.165, 1.54) is 13.8 Å². The number of Topliss-reactive ketones (excluding diaryl/α,β-unsaturated/α-hetero) is 3. The van der Waals surface area contributed by atoms with Gasteiger partial charge in [0.2, 0.25) is 5.71 Å². The molecule has 0 bridgehead atoms. The molecule has 0 aliphatic rings. The molecular weight excluding hydrogens is 664 g/mol. The van der Waals surface area contributed by atoms with E-state index in [0.29, 0.717) is 35.4 Å².